The number of fused-ring (bicyclic) bond motifs is 10. The molecule has 86 heavy (non-hydrogen) atoms. The minimum absolute atomic E-state index is 0.00737. The topological polar surface area (TPSA) is 250 Å². The van der Waals surface area contributed by atoms with Gasteiger partial charge >= 0.3 is 10.4 Å². The zero-order valence-corrected chi connectivity index (χ0v) is 56.9. The lowest BCUT2D eigenvalue weighted by Gasteiger charge is -2.62. The molecule has 21 atom stereocenters. The van der Waals surface area contributed by atoms with Crippen LogP contribution in [0.25, 0.3) is 20.9 Å². The maximum Gasteiger partial charge on any atom is 0.397 e. The lowest BCUT2D eigenvalue weighted by molar-refractivity contribution is -0.167. The molecule has 8 saturated carbocycles. The zero-order chi connectivity index (χ0) is 62.5. The first-order valence-corrected chi connectivity index (χ1v) is 37.0. The van der Waals surface area contributed by atoms with Gasteiger partial charge in [0.25, 0.3) is 0 Å². The Labute approximate surface area is 523 Å². The van der Waals surface area contributed by atoms with E-state index in [1.165, 1.54) is 95.6 Å². The van der Waals surface area contributed by atoms with E-state index in [0.29, 0.717) is 101 Å². The number of unbranched alkanes of at least 4 members (excludes halogenated alkanes) is 2. The Bertz CT molecular complexity index is 2330. The molecule has 0 aliphatic heterocycles. The summed E-state index contributed by atoms with van der Waals surface area (Å²) in [7, 11) is -4.46. The largest absolute Gasteiger partial charge is 0.397 e. The smallest absolute Gasteiger partial charge is 0.393 e. The summed E-state index contributed by atoms with van der Waals surface area (Å²) >= 11 is 0. The van der Waals surface area contributed by atoms with E-state index in [-0.39, 0.29) is 23.5 Å². The Morgan fingerprint density at radius 3 is 1.60 bits per heavy atom. The van der Waals surface area contributed by atoms with Crippen molar-refractivity contribution in [1.82, 2.24) is 16.0 Å². The van der Waals surface area contributed by atoms with E-state index in [2.05, 4.69) is 98.3 Å². The molecule has 0 heterocycles. The molecule has 0 bridgehead atoms. The Morgan fingerprint density at radius 2 is 1.07 bits per heavy atom. The highest BCUT2D eigenvalue weighted by atomic mass is 32.3. The third kappa shape index (κ3) is 17.5. The maximum atomic E-state index is 11.8. The number of aliphatic hydroxyl groups is 2. The fourth-order valence-electron chi connectivity index (χ4n) is 21.0. The molecule has 0 aromatic carbocycles. The molecule has 0 spiro atoms. The summed E-state index contributed by atoms with van der Waals surface area (Å²) in [5.74, 6) is 8.86. The fraction of sp³-hybridized carbons (Fsp3) is 0.986. The van der Waals surface area contributed by atoms with Crippen LogP contribution in [0.1, 0.15) is 243 Å². The molecule has 0 saturated heterocycles. The van der Waals surface area contributed by atoms with Crippen molar-refractivity contribution in [2.45, 2.75) is 267 Å². The molecule has 6 unspecified atom stereocenters. The predicted octanol–water partition coefficient (Wildman–Crippen LogP) is 15.7. The first-order valence-electron chi connectivity index (χ1n) is 35.6. The Kier molecular flexibility index (Phi) is 27.0. The van der Waals surface area contributed by atoms with Crippen LogP contribution in [-0.2, 0) is 14.6 Å². The van der Waals surface area contributed by atoms with Gasteiger partial charge in [0.15, 0.2) is 0 Å². The molecule has 0 aromatic heterocycles. The molecule has 8 aliphatic rings. The van der Waals surface area contributed by atoms with Crippen molar-refractivity contribution < 1.29 is 27.4 Å². The Hall–Kier alpha value is -2.04. The second-order valence-corrected chi connectivity index (χ2v) is 32.8. The highest BCUT2D eigenvalue weighted by Gasteiger charge is 2.65. The van der Waals surface area contributed by atoms with Gasteiger partial charge in [0, 0.05) is 41.2 Å². The monoisotopic (exact) mass is 1220 g/mol. The van der Waals surface area contributed by atoms with Crippen LogP contribution in [0, 0.1) is 110 Å². The average Bonchev–Trinajstić information content (AvgIpc) is 1.35. The van der Waals surface area contributed by atoms with Gasteiger partial charge < -0.3 is 26.2 Å². The molecule has 494 valence electrons. The van der Waals surface area contributed by atoms with Crippen LogP contribution in [0.15, 0.2) is 15.2 Å². The van der Waals surface area contributed by atoms with Gasteiger partial charge in [0.05, 0.1) is 18.3 Å². The van der Waals surface area contributed by atoms with E-state index >= 15 is 0 Å². The highest BCUT2D eigenvalue weighted by Crippen LogP contribution is 2.70. The Morgan fingerprint density at radius 1 is 0.570 bits per heavy atom. The number of nitrogens with one attached hydrogen (secondary N) is 3. The van der Waals surface area contributed by atoms with Crippen molar-refractivity contribution in [3.63, 3.8) is 0 Å². The lowest BCUT2D eigenvalue weighted by atomic mass is 9.43. The van der Waals surface area contributed by atoms with Crippen molar-refractivity contribution in [2.75, 3.05) is 52.4 Å². The Balaban J connectivity index is 0.000000247. The van der Waals surface area contributed by atoms with Gasteiger partial charge in [0.2, 0.25) is 0 Å². The minimum atomic E-state index is -4.46. The maximum absolute atomic E-state index is 11.8. The van der Waals surface area contributed by atoms with Crippen LogP contribution in [0.2, 0.25) is 0 Å². The normalized spacial score (nSPS) is 38.4. The molecule has 17 heteroatoms. The van der Waals surface area contributed by atoms with E-state index in [1.807, 2.05) is 13.8 Å². The lowest BCUT2D eigenvalue weighted by Crippen LogP contribution is -2.59. The molecule has 16 nitrogen and oxygen atoms in total. The number of aliphatic hydroxyl groups excluding tert-OH is 2. The summed E-state index contributed by atoms with van der Waals surface area (Å²) < 4.78 is 37.1. The quantitative estimate of drug-likeness (QED) is 0.0127. The second-order valence-electron chi connectivity index (χ2n) is 31.8. The van der Waals surface area contributed by atoms with E-state index in [0.717, 1.165) is 134 Å². The molecule has 0 aromatic rings. The molecule has 8 rings (SSSR count). The molecular weight excluding hydrogens is 1100 g/mol. The van der Waals surface area contributed by atoms with Gasteiger partial charge in [-0.2, -0.15) is 8.42 Å². The van der Waals surface area contributed by atoms with E-state index in [9.17, 15) is 23.2 Å². The summed E-state index contributed by atoms with van der Waals surface area (Å²) in [6.07, 6.45) is 28.9. The van der Waals surface area contributed by atoms with Crippen molar-refractivity contribution in [2.24, 2.45) is 126 Å². The third-order valence-electron chi connectivity index (χ3n) is 26.5. The van der Waals surface area contributed by atoms with Crippen LogP contribution in [-0.4, -0.2) is 106 Å². The standard InChI is InChI=1S/C35H63N5O.C34H63N5O5S/c1-24(2)25(3)10-11-26(4)29-12-13-30-33-31(15-17-35(29,30)6)34(5)16-14-28(22-27(34)23-32(33)41)38-20-9-19-37-18-7-8-21-39-40-36;1-23(2)31(44-45(41,42)43)12-9-24(3)27-10-11-28-32-29(14-16-34(27,28)5)33(4)15-13-26(21-25(33)22-30(32)40)37-19-8-18-36-17-6-7-20-38-39-35/h24-27,29-33,37,41H,7-23H2,1-6H3;23-32,36-37,40H,6-22H2,1-5H3,(H,41,42,43)/t25-,26-,27-,29-,30?,31?,32-,33?,34+,35-;24-,25-,26+,27-,28?,29?,30-,31-,32?,33+,34-/m11/s1. The second kappa shape index (κ2) is 32.5. The number of hydrogen-bond donors (Lipinski definition) is 6. The highest BCUT2D eigenvalue weighted by molar-refractivity contribution is 7.80. The van der Waals surface area contributed by atoms with Crippen LogP contribution >= 0.6 is 0 Å². The molecule has 8 aliphatic carbocycles. The molecule has 8 fully saturated rings. The summed E-state index contributed by atoms with van der Waals surface area (Å²) in [6.45, 7) is 33.3. The van der Waals surface area contributed by atoms with Crippen molar-refractivity contribution >= 4 is 16.1 Å². The van der Waals surface area contributed by atoms with Crippen LogP contribution in [0.3, 0.4) is 0 Å². The number of hydrogen-bond acceptors (Lipinski definition) is 11. The zero-order valence-electron chi connectivity index (χ0n) is 56.1. The van der Waals surface area contributed by atoms with Crippen LogP contribution in [0.4, 0.5) is 0 Å². The van der Waals surface area contributed by atoms with Crippen molar-refractivity contribution in [3.8, 4) is 0 Å². The summed E-state index contributed by atoms with van der Waals surface area (Å²) in [5.41, 5.74) is 19.4. The predicted molar refractivity (Wildman–Crippen MR) is 351 cm³/mol. The number of azide groups is 2. The van der Waals surface area contributed by atoms with Crippen LogP contribution in [0.5, 0.6) is 0 Å². The molecule has 0 radical (unpaired) electrons. The molecule has 0 amide bonds. The third-order valence-corrected chi connectivity index (χ3v) is 27.0. The summed E-state index contributed by atoms with van der Waals surface area (Å²) in [5, 5.41) is 41.6. The van der Waals surface area contributed by atoms with Crippen molar-refractivity contribution in [1.29, 1.82) is 0 Å². The molecular formula is C69H126N10O6S. The summed E-state index contributed by atoms with van der Waals surface area (Å²) in [4.78, 5) is 10.7. The fourth-order valence-corrected chi connectivity index (χ4v) is 21.7. The average molecular weight is 1220 g/mol. The SMILES string of the molecule is CC(C)[C@@H](CC[C@@H](C)[C@H]1CCC2C3C(CC[C@@]21C)[C@@]1(C)CC[C@H](NCCCNCCCCN=[N+]=[N-])C[C@@H]1C[C@H]3O)OS(=O)(=O)O.CC(C)[C@H](C)CC[C@@H](C)[C@H]1CCC2C3C(CC[C@@]21C)[C@@]1(C)CCC(=NCCCNCCCCN=[N+]=[N-])C[C@@H]1C[C@H]3O. The number of rotatable bonds is 31. The van der Waals surface area contributed by atoms with Crippen molar-refractivity contribution in [3.05, 3.63) is 20.9 Å². The first kappa shape index (κ1) is 71.4. The van der Waals surface area contributed by atoms with E-state index in [1.54, 1.807) is 0 Å². The van der Waals surface area contributed by atoms with Gasteiger partial charge in [-0.05, 0) is 308 Å². The first-order chi connectivity index (χ1) is 40.9. The minimum Gasteiger partial charge on any atom is -0.393 e. The van der Waals surface area contributed by atoms with Gasteiger partial charge in [-0.1, -0.05) is 99.2 Å². The van der Waals surface area contributed by atoms with Gasteiger partial charge in [0.1, 0.15) is 0 Å². The van der Waals surface area contributed by atoms with Gasteiger partial charge in [-0.15, -0.1) is 0 Å². The van der Waals surface area contributed by atoms with E-state index < -0.39 is 16.5 Å². The number of aliphatic imine (C=N–C) groups is 1. The number of nitrogens with zero attached hydrogens (tertiary/aromatic N) is 7. The van der Waals surface area contributed by atoms with E-state index in [4.69, 9.17) is 20.2 Å². The van der Waals surface area contributed by atoms with Gasteiger partial charge in [-0.3, -0.25) is 9.55 Å². The summed E-state index contributed by atoms with van der Waals surface area (Å²) in [6, 6.07) is 0.542. The van der Waals surface area contributed by atoms with Crippen LogP contribution < -0.4 is 16.0 Å². The van der Waals surface area contributed by atoms with Gasteiger partial charge in [-0.25, -0.2) is 4.18 Å². The molecule has 6 N–H and O–H groups in total.